The van der Waals surface area contributed by atoms with Gasteiger partial charge in [-0.1, -0.05) is 224 Å². The molecule has 2 atom stereocenters. The molecule has 0 bridgehead atoms. The molecule has 0 aliphatic rings. The van der Waals surface area contributed by atoms with Gasteiger partial charge >= 0.3 is 11.9 Å². The van der Waals surface area contributed by atoms with Crippen LogP contribution >= 0.6 is 0 Å². The van der Waals surface area contributed by atoms with E-state index in [1.54, 1.807) is 0 Å². The molecule has 0 aliphatic heterocycles. The van der Waals surface area contributed by atoms with Crippen LogP contribution in [0.1, 0.15) is 194 Å². The molecule has 0 saturated carbocycles. The van der Waals surface area contributed by atoms with Crippen molar-refractivity contribution in [1.82, 2.24) is 0 Å². The summed E-state index contributed by atoms with van der Waals surface area (Å²) in [4.78, 5) is 37.2. The van der Waals surface area contributed by atoms with E-state index in [0.717, 1.165) is 103 Å². The van der Waals surface area contributed by atoms with Crippen LogP contribution in [-0.4, -0.2) is 82.3 Å². The molecule has 0 aromatic rings. The maximum atomic E-state index is 12.9. The van der Waals surface area contributed by atoms with Gasteiger partial charge in [-0.05, 0) is 103 Å². The molecule has 0 aromatic heterocycles. The summed E-state index contributed by atoms with van der Waals surface area (Å²) in [5.41, 5.74) is 0. The SMILES string of the molecule is CC/C=C\C/C=C\C/C=C\C/C=C\C/C=C\C/C=C\CCCCCCCCCCCCCCC(=O)OC(COC(=O)CC/C=C\C/C=C\C/C=C\C/C=C\C/C=C\C/C=C\CC)COC(OCC[N+](C)(C)C)C(=O)[O-]. The van der Waals surface area contributed by atoms with Crippen molar-refractivity contribution in [2.75, 3.05) is 47.5 Å². The van der Waals surface area contributed by atoms with Crippen LogP contribution in [-0.2, 0) is 33.3 Å². The van der Waals surface area contributed by atoms with Crippen molar-refractivity contribution >= 4 is 17.9 Å². The largest absolute Gasteiger partial charge is 0.545 e. The highest BCUT2D eigenvalue weighted by Crippen LogP contribution is 2.14. The van der Waals surface area contributed by atoms with Crippen LogP contribution in [0.15, 0.2) is 146 Å². The third kappa shape index (κ3) is 56.7. The molecule has 0 rings (SSSR count). The monoisotopic (exact) mass is 1040 g/mol. The maximum absolute atomic E-state index is 12.9. The number of aliphatic carboxylic acids is 1. The smallest absolute Gasteiger partial charge is 0.306 e. The molecule has 0 saturated heterocycles. The van der Waals surface area contributed by atoms with Gasteiger partial charge in [0.25, 0.3) is 0 Å². The summed E-state index contributed by atoms with van der Waals surface area (Å²) < 4.78 is 22.6. The molecule has 0 aliphatic carbocycles. The Morgan fingerprint density at radius 3 is 1.12 bits per heavy atom. The number of carbonyl (C=O) groups excluding carboxylic acids is 3. The van der Waals surface area contributed by atoms with E-state index < -0.39 is 30.3 Å². The quantitative estimate of drug-likeness (QED) is 0.0195. The average molecular weight is 1040 g/mol. The third-order valence-electron chi connectivity index (χ3n) is 11.6. The number of carbonyl (C=O) groups is 3. The van der Waals surface area contributed by atoms with E-state index in [9.17, 15) is 19.5 Å². The van der Waals surface area contributed by atoms with Crippen LogP contribution in [0.25, 0.3) is 0 Å². The molecule has 0 heterocycles. The van der Waals surface area contributed by atoms with Crippen LogP contribution < -0.4 is 5.11 Å². The summed E-state index contributed by atoms with van der Waals surface area (Å²) in [6.07, 6.45) is 77.7. The number of esters is 2. The zero-order valence-electron chi connectivity index (χ0n) is 47.9. The molecule has 0 radical (unpaired) electrons. The van der Waals surface area contributed by atoms with Gasteiger partial charge in [0.05, 0.1) is 40.3 Å². The topological polar surface area (TPSA) is 111 Å². The fraction of sp³-hybridized carbons (Fsp3) is 0.591. The Morgan fingerprint density at radius 2 is 0.747 bits per heavy atom. The summed E-state index contributed by atoms with van der Waals surface area (Å²) in [6.45, 7) is 4.41. The number of carboxylic acids is 1. The number of rotatable bonds is 51. The highest BCUT2D eigenvalue weighted by molar-refractivity contribution is 5.70. The van der Waals surface area contributed by atoms with Gasteiger partial charge in [-0.3, -0.25) is 9.59 Å². The van der Waals surface area contributed by atoms with Crippen molar-refractivity contribution in [1.29, 1.82) is 0 Å². The lowest BCUT2D eigenvalue weighted by Crippen LogP contribution is -2.44. The van der Waals surface area contributed by atoms with Gasteiger partial charge in [0.1, 0.15) is 13.2 Å². The van der Waals surface area contributed by atoms with E-state index in [2.05, 4.69) is 148 Å². The van der Waals surface area contributed by atoms with E-state index in [1.807, 2.05) is 33.3 Å². The molecule has 0 fully saturated rings. The molecule has 0 amide bonds. The number of likely N-dealkylation sites (N-methyl/N-ethyl adjacent to an activating group) is 1. The molecule has 0 N–H and O–H groups in total. The van der Waals surface area contributed by atoms with E-state index in [0.29, 0.717) is 23.9 Å². The van der Waals surface area contributed by atoms with Crippen LogP contribution in [0.5, 0.6) is 0 Å². The number of hydrogen-bond donors (Lipinski definition) is 0. The summed E-state index contributed by atoms with van der Waals surface area (Å²) in [7, 11) is 5.89. The van der Waals surface area contributed by atoms with Gasteiger partial charge in [0.2, 0.25) is 0 Å². The first-order valence-electron chi connectivity index (χ1n) is 29.0. The van der Waals surface area contributed by atoms with Crippen molar-refractivity contribution in [2.45, 2.75) is 206 Å². The number of quaternary nitrogens is 1. The minimum atomic E-state index is -1.65. The number of nitrogens with zero attached hydrogens (tertiary/aromatic N) is 1. The first-order chi connectivity index (χ1) is 36.6. The predicted octanol–water partition coefficient (Wildman–Crippen LogP) is 15.9. The molecule has 2 unspecified atom stereocenters. The second-order valence-electron chi connectivity index (χ2n) is 19.8. The van der Waals surface area contributed by atoms with E-state index in [1.165, 1.54) is 51.4 Å². The highest BCUT2D eigenvalue weighted by atomic mass is 16.7. The predicted molar refractivity (Wildman–Crippen MR) is 315 cm³/mol. The zero-order valence-corrected chi connectivity index (χ0v) is 47.9. The Kier molecular flexibility index (Phi) is 51.8. The fourth-order valence-electron chi connectivity index (χ4n) is 7.21. The van der Waals surface area contributed by atoms with Gasteiger partial charge in [0, 0.05) is 12.8 Å². The average Bonchev–Trinajstić information content (AvgIpc) is 3.38. The van der Waals surface area contributed by atoms with E-state index >= 15 is 0 Å². The van der Waals surface area contributed by atoms with Crippen molar-refractivity contribution in [3.63, 3.8) is 0 Å². The second kappa shape index (κ2) is 55.4. The summed E-state index contributed by atoms with van der Waals surface area (Å²) in [5.74, 6) is -2.41. The van der Waals surface area contributed by atoms with Crippen LogP contribution in [0.3, 0.4) is 0 Å². The molecule has 9 heteroatoms. The van der Waals surface area contributed by atoms with E-state index in [-0.39, 0.29) is 32.7 Å². The first-order valence-corrected chi connectivity index (χ1v) is 29.0. The number of carboxylic acid groups (broad SMARTS) is 1. The molecule has 0 spiro atoms. The Hall–Kier alpha value is -4.83. The van der Waals surface area contributed by atoms with E-state index in [4.69, 9.17) is 18.9 Å². The number of unbranched alkanes of at least 4 members (excludes halogenated alkanes) is 12. The van der Waals surface area contributed by atoms with Gasteiger partial charge in [-0.25, -0.2) is 0 Å². The van der Waals surface area contributed by atoms with Gasteiger partial charge in [0.15, 0.2) is 12.4 Å². The van der Waals surface area contributed by atoms with Crippen molar-refractivity contribution in [3.8, 4) is 0 Å². The minimum Gasteiger partial charge on any atom is -0.545 e. The normalized spacial score (nSPS) is 13.9. The van der Waals surface area contributed by atoms with Crippen LogP contribution in [0, 0.1) is 0 Å². The van der Waals surface area contributed by atoms with Gasteiger partial charge in [-0.2, -0.15) is 0 Å². The van der Waals surface area contributed by atoms with Gasteiger partial charge < -0.3 is 33.3 Å². The molecule has 9 nitrogen and oxygen atoms in total. The first kappa shape index (κ1) is 70.2. The van der Waals surface area contributed by atoms with Crippen LogP contribution in [0.2, 0.25) is 0 Å². The number of hydrogen-bond acceptors (Lipinski definition) is 8. The van der Waals surface area contributed by atoms with Crippen LogP contribution in [0.4, 0.5) is 0 Å². The third-order valence-corrected chi connectivity index (χ3v) is 11.6. The molecule has 0 aromatic carbocycles. The maximum Gasteiger partial charge on any atom is 0.306 e. The molecular weight excluding hydrogens is 935 g/mol. The van der Waals surface area contributed by atoms with Crippen molar-refractivity contribution < 1.29 is 42.9 Å². The zero-order chi connectivity index (χ0) is 54.8. The van der Waals surface area contributed by atoms with Crippen molar-refractivity contribution in [3.05, 3.63) is 146 Å². The number of ether oxygens (including phenoxy) is 4. The lowest BCUT2D eigenvalue weighted by molar-refractivity contribution is -0.870. The minimum absolute atomic E-state index is 0.128. The Morgan fingerprint density at radius 1 is 0.400 bits per heavy atom. The Balaban J connectivity index is 4.32. The second-order valence-corrected chi connectivity index (χ2v) is 19.8. The standard InChI is InChI=1S/C66H105NO8/c1-6-8-10-12-14-16-18-20-22-24-26-27-28-29-30-31-32-33-34-35-36-37-39-41-43-45-47-49-51-53-55-57-64(69)75-62(61-74-66(65(70)71)72-59-58-67(3,4)5)60-73-63(68)56-54-52-50-48-46-44-42-40-38-25-23-21-19-17-15-13-11-9-7-2/h8-11,14-17,20-23,26-27,29-30,32-33,38,40,44,46,50,52,62,66H,6-7,12-13,18-19,24-25,28,31,34-37,39,41-43,45,47-49,51,53-61H2,1-5H3/b10-8-,11-9-,16-14-,17-15-,22-20-,23-21-,27-26-,30-29-,33-32-,40-38-,46-44-,52-50-. The molecule has 75 heavy (non-hydrogen) atoms. The Labute approximate surface area is 458 Å². The Bertz CT molecular complexity index is 1730. The summed E-state index contributed by atoms with van der Waals surface area (Å²) >= 11 is 0. The lowest BCUT2D eigenvalue weighted by atomic mass is 10.0. The number of allylic oxidation sites excluding steroid dienone is 24. The molecular formula is C66H105NO8. The fourth-order valence-corrected chi connectivity index (χ4v) is 7.21. The summed E-state index contributed by atoms with van der Waals surface area (Å²) in [6, 6.07) is 0. The highest BCUT2D eigenvalue weighted by Gasteiger charge is 2.21. The summed E-state index contributed by atoms with van der Waals surface area (Å²) in [5, 5.41) is 11.8. The lowest BCUT2D eigenvalue weighted by Gasteiger charge is -2.26. The van der Waals surface area contributed by atoms with Crippen molar-refractivity contribution in [2.24, 2.45) is 0 Å². The molecule has 422 valence electrons. The van der Waals surface area contributed by atoms with Gasteiger partial charge in [-0.15, -0.1) is 0 Å².